The van der Waals surface area contributed by atoms with Crippen molar-refractivity contribution in [2.75, 3.05) is 6.61 Å². The minimum absolute atomic E-state index is 0.0784. The summed E-state index contributed by atoms with van der Waals surface area (Å²) in [5.74, 6) is 0.286. The molecule has 0 spiro atoms. The zero-order valence-corrected chi connectivity index (χ0v) is 15.7. The van der Waals surface area contributed by atoms with Gasteiger partial charge in [0.2, 0.25) is 0 Å². The molecule has 5 nitrogen and oxygen atoms in total. The van der Waals surface area contributed by atoms with Gasteiger partial charge in [-0.3, -0.25) is 4.79 Å². The molecule has 0 radical (unpaired) electrons. The molecule has 0 aliphatic carbocycles. The standard InChI is InChI=1S/C20H20N2O3S/c1-4-25-17-10-14(8-9-16(17)23)11-18-19(24)22-20(26-18)21-15-7-5-6-12(2)13(15)3/h5-11,23H,4H2,1-3H3,(H,21,22,24). The Hall–Kier alpha value is -2.73. The Morgan fingerprint density at radius 1 is 1.27 bits per heavy atom. The van der Waals surface area contributed by atoms with E-state index in [4.69, 9.17) is 4.74 Å². The number of thioether (sulfide) groups is 1. The van der Waals surface area contributed by atoms with E-state index in [2.05, 4.69) is 10.3 Å². The van der Waals surface area contributed by atoms with E-state index in [-0.39, 0.29) is 11.7 Å². The second kappa shape index (κ2) is 7.66. The number of hydrogen-bond acceptors (Lipinski definition) is 5. The molecule has 1 aliphatic rings. The molecule has 0 saturated carbocycles. The third-order valence-corrected chi connectivity index (χ3v) is 4.94. The van der Waals surface area contributed by atoms with Gasteiger partial charge >= 0.3 is 0 Å². The number of hydrogen-bond donors (Lipinski definition) is 2. The van der Waals surface area contributed by atoms with Crippen LogP contribution in [0.5, 0.6) is 11.5 Å². The molecule has 26 heavy (non-hydrogen) atoms. The molecule has 2 aromatic rings. The van der Waals surface area contributed by atoms with Crippen LogP contribution < -0.4 is 10.1 Å². The van der Waals surface area contributed by atoms with Gasteiger partial charge in [0.05, 0.1) is 17.2 Å². The summed E-state index contributed by atoms with van der Waals surface area (Å²) in [5, 5.41) is 13.1. The van der Waals surface area contributed by atoms with Gasteiger partial charge in [0.1, 0.15) is 0 Å². The summed E-state index contributed by atoms with van der Waals surface area (Å²) < 4.78 is 5.38. The number of rotatable bonds is 4. The first-order valence-electron chi connectivity index (χ1n) is 8.29. The highest BCUT2D eigenvalue weighted by atomic mass is 32.2. The number of amides is 1. The molecule has 1 fully saturated rings. The zero-order valence-electron chi connectivity index (χ0n) is 14.9. The topological polar surface area (TPSA) is 70.9 Å². The summed E-state index contributed by atoms with van der Waals surface area (Å²) in [7, 11) is 0. The molecule has 134 valence electrons. The number of aromatic hydroxyl groups is 1. The van der Waals surface area contributed by atoms with Gasteiger partial charge in [-0.05, 0) is 73.5 Å². The van der Waals surface area contributed by atoms with E-state index in [0.717, 1.165) is 22.4 Å². The Bertz CT molecular complexity index is 919. The van der Waals surface area contributed by atoms with Gasteiger partial charge in [-0.2, -0.15) is 0 Å². The highest BCUT2D eigenvalue weighted by Gasteiger charge is 2.24. The number of carbonyl (C=O) groups is 1. The number of aryl methyl sites for hydroxylation is 1. The first-order chi connectivity index (χ1) is 12.5. The highest BCUT2D eigenvalue weighted by Crippen LogP contribution is 2.32. The van der Waals surface area contributed by atoms with Crippen molar-refractivity contribution in [3.05, 3.63) is 58.0 Å². The maximum absolute atomic E-state index is 12.2. The number of aliphatic imine (C=N–C) groups is 1. The lowest BCUT2D eigenvalue weighted by Crippen LogP contribution is -2.19. The molecule has 2 aromatic carbocycles. The first-order valence-corrected chi connectivity index (χ1v) is 9.11. The second-order valence-corrected chi connectivity index (χ2v) is 6.89. The molecule has 1 amide bonds. The van der Waals surface area contributed by atoms with Crippen molar-refractivity contribution in [3.63, 3.8) is 0 Å². The molecule has 0 bridgehead atoms. The lowest BCUT2D eigenvalue weighted by molar-refractivity contribution is -0.115. The third-order valence-electron chi connectivity index (χ3n) is 4.03. The molecule has 3 rings (SSSR count). The fourth-order valence-corrected chi connectivity index (χ4v) is 3.32. The number of carbonyl (C=O) groups excluding carboxylic acids is 1. The van der Waals surface area contributed by atoms with Gasteiger partial charge in [0.25, 0.3) is 5.91 Å². The number of nitrogens with one attached hydrogen (secondary N) is 1. The van der Waals surface area contributed by atoms with Crippen LogP contribution >= 0.6 is 11.8 Å². The maximum atomic E-state index is 12.2. The van der Waals surface area contributed by atoms with Crippen molar-refractivity contribution in [1.29, 1.82) is 0 Å². The Kier molecular flexibility index (Phi) is 5.32. The van der Waals surface area contributed by atoms with Crippen molar-refractivity contribution < 1.29 is 14.6 Å². The van der Waals surface area contributed by atoms with Crippen LogP contribution in [0.25, 0.3) is 6.08 Å². The fourth-order valence-electron chi connectivity index (χ4n) is 2.49. The predicted molar refractivity (Wildman–Crippen MR) is 106 cm³/mol. The number of phenols is 1. The summed E-state index contributed by atoms with van der Waals surface area (Å²) in [6, 6.07) is 10.9. The van der Waals surface area contributed by atoms with Gasteiger partial charge in [0, 0.05) is 0 Å². The van der Waals surface area contributed by atoms with Crippen LogP contribution in [0.1, 0.15) is 23.6 Å². The van der Waals surface area contributed by atoms with Crippen LogP contribution in [-0.2, 0) is 4.79 Å². The summed E-state index contributed by atoms with van der Waals surface area (Å²) >= 11 is 1.29. The van der Waals surface area contributed by atoms with Crippen LogP contribution in [0, 0.1) is 13.8 Å². The Morgan fingerprint density at radius 2 is 2.08 bits per heavy atom. The molecular weight excluding hydrogens is 348 g/mol. The van der Waals surface area contributed by atoms with E-state index in [0.29, 0.717) is 22.4 Å². The average Bonchev–Trinajstić information content (AvgIpc) is 2.94. The molecular formula is C20H20N2O3S. The summed E-state index contributed by atoms with van der Waals surface area (Å²) in [4.78, 5) is 17.4. The minimum atomic E-state index is -0.190. The largest absolute Gasteiger partial charge is 0.504 e. The van der Waals surface area contributed by atoms with Crippen molar-refractivity contribution >= 4 is 34.6 Å². The van der Waals surface area contributed by atoms with E-state index in [1.165, 1.54) is 11.8 Å². The number of phenolic OH excluding ortho intramolecular Hbond substituents is 1. The zero-order chi connectivity index (χ0) is 18.7. The van der Waals surface area contributed by atoms with Crippen LogP contribution in [0.15, 0.2) is 46.3 Å². The molecule has 0 aromatic heterocycles. The summed E-state index contributed by atoms with van der Waals surface area (Å²) in [5.41, 5.74) is 3.87. The number of nitrogens with zero attached hydrogens (tertiary/aromatic N) is 1. The number of ether oxygens (including phenoxy) is 1. The number of amidine groups is 1. The molecule has 1 saturated heterocycles. The normalized spacial score (nSPS) is 17.0. The van der Waals surface area contributed by atoms with Crippen LogP contribution in [-0.4, -0.2) is 22.8 Å². The van der Waals surface area contributed by atoms with Crippen molar-refractivity contribution in [3.8, 4) is 11.5 Å². The van der Waals surface area contributed by atoms with Crippen LogP contribution in [0.3, 0.4) is 0 Å². The molecule has 2 N–H and O–H groups in total. The number of benzene rings is 2. The Morgan fingerprint density at radius 3 is 2.85 bits per heavy atom. The lowest BCUT2D eigenvalue weighted by Gasteiger charge is -2.06. The Balaban J connectivity index is 1.86. The quantitative estimate of drug-likeness (QED) is 0.790. The smallest absolute Gasteiger partial charge is 0.264 e. The lowest BCUT2D eigenvalue weighted by atomic mass is 10.1. The van der Waals surface area contributed by atoms with Gasteiger partial charge in [-0.1, -0.05) is 18.2 Å². The SMILES string of the molecule is CCOc1cc(C=C2SC(=Nc3cccc(C)c3C)NC2=O)ccc1O. The minimum Gasteiger partial charge on any atom is -0.504 e. The molecule has 1 heterocycles. The van der Waals surface area contributed by atoms with Gasteiger partial charge in [0.15, 0.2) is 16.7 Å². The third kappa shape index (κ3) is 3.91. The van der Waals surface area contributed by atoms with E-state index in [9.17, 15) is 9.90 Å². The fraction of sp³-hybridized carbons (Fsp3) is 0.200. The van der Waals surface area contributed by atoms with Crippen molar-refractivity contribution in [2.24, 2.45) is 4.99 Å². The van der Waals surface area contributed by atoms with Gasteiger partial charge in [-0.15, -0.1) is 0 Å². The van der Waals surface area contributed by atoms with Crippen LogP contribution in [0.2, 0.25) is 0 Å². The monoisotopic (exact) mass is 368 g/mol. The van der Waals surface area contributed by atoms with E-state index < -0.39 is 0 Å². The summed E-state index contributed by atoms with van der Waals surface area (Å²) in [6.45, 7) is 6.35. The maximum Gasteiger partial charge on any atom is 0.264 e. The van der Waals surface area contributed by atoms with Gasteiger partial charge < -0.3 is 15.2 Å². The summed E-state index contributed by atoms with van der Waals surface area (Å²) in [6.07, 6.45) is 1.76. The molecule has 1 aliphatic heterocycles. The molecule has 6 heteroatoms. The van der Waals surface area contributed by atoms with Crippen molar-refractivity contribution in [1.82, 2.24) is 5.32 Å². The van der Waals surface area contributed by atoms with E-state index >= 15 is 0 Å². The highest BCUT2D eigenvalue weighted by molar-refractivity contribution is 8.18. The van der Waals surface area contributed by atoms with Crippen molar-refractivity contribution in [2.45, 2.75) is 20.8 Å². The van der Waals surface area contributed by atoms with E-state index in [1.807, 2.05) is 39.0 Å². The van der Waals surface area contributed by atoms with Crippen LogP contribution in [0.4, 0.5) is 5.69 Å². The molecule has 0 atom stereocenters. The van der Waals surface area contributed by atoms with E-state index in [1.54, 1.807) is 24.3 Å². The Labute approximate surface area is 156 Å². The molecule has 0 unspecified atom stereocenters. The van der Waals surface area contributed by atoms with Gasteiger partial charge in [-0.25, -0.2) is 4.99 Å². The second-order valence-electron chi connectivity index (χ2n) is 5.86. The first kappa shape index (κ1) is 18.1. The predicted octanol–water partition coefficient (Wildman–Crippen LogP) is 4.30. The average molecular weight is 368 g/mol.